The average molecular weight is 467 g/mol. The van der Waals surface area contributed by atoms with Gasteiger partial charge < -0.3 is 21.3 Å². The lowest BCUT2D eigenvalue weighted by Gasteiger charge is -2.07. The summed E-state index contributed by atoms with van der Waals surface area (Å²) in [4.78, 5) is 0. The lowest BCUT2D eigenvalue weighted by Crippen LogP contribution is -2.19. The fourth-order valence-electron chi connectivity index (χ4n) is 4.11. The van der Waals surface area contributed by atoms with Crippen molar-refractivity contribution < 1.29 is 0 Å². The van der Waals surface area contributed by atoms with Gasteiger partial charge in [0.05, 0.1) is 0 Å². The molecular weight excluding hydrogens is 416 g/mol. The summed E-state index contributed by atoms with van der Waals surface area (Å²) in [6.45, 7) is 8.85. The van der Waals surface area contributed by atoms with Crippen molar-refractivity contribution in [2.45, 2.75) is 77.3 Å². The molecule has 4 N–H and O–H groups in total. The summed E-state index contributed by atoms with van der Waals surface area (Å²) in [6.07, 6.45) is 13.2. The predicted molar refractivity (Wildman–Crippen MR) is 148 cm³/mol. The Morgan fingerprint density at radius 1 is 0.324 bits per heavy atom. The van der Waals surface area contributed by atoms with Gasteiger partial charge in [-0.25, -0.2) is 0 Å². The molecule has 2 aromatic carbocycles. The van der Waals surface area contributed by atoms with E-state index in [0.717, 1.165) is 39.3 Å². The third-order valence-corrected chi connectivity index (χ3v) is 6.22. The highest BCUT2D eigenvalue weighted by molar-refractivity contribution is 5.14. The Morgan fingerprint density at radius 3 is 1.00 bits per heavy atom. The first-order valence-corrected chi connectivity index (χ1v) is 13.9. The van der Waals surface area contributed by atoms with Crippen LogP contribution >= 0.6 is 0 Å². The number of unbranched alkanes of at least 4 members (excludes halogenated alkanes) is 7. The van der Waals surface area contributed by atoms with E-state index in [4.69, 9.17) is 0 Å². The summed E-state index contributed by atoms with van der Waals surface area (Å²) in [5.41, 5.74) is 2.74. The zero-order valence-electron chi connectivity index (χ0n) is 21.5. The molecule has 4 heteroatoms. The topological polar surface area (TPSA) is 48.1 Å². The van der Waals surface area contributed by atoms with E-state index >= 15 is 0 Å². The number of nitrogens with one attached hydrogen (secondary N) is 4. The molecule has 0 atom stereocenters. The summed E-state index contributed by atoms with van der Waals surface area (Å²) in [5.74, 6) is 0. The molecule has 2 aromatic rings. The maximum absolute atomic E-state index is 3.60. The van der Waals surface area contributed by atoms with Crippen LogP contribution in [-0.4, -0.2) is 39.3 Å². The first-order chi connectivity index (χ1) is 16.9. The molecule has 190 valence electrons. The van der Waals surface area contributed by atoms with E-state index in [9.17, 15) is 0 Å². The van der Waals surface area contributed by atoms with Crippen molar-refractivity contribution in [1.82, 2.24) is 21.3 Å². The fourth-order valence-corrected chi connectivity index (χ4v) is 4.11. The van der Waals surface area contributed by atoms with Crippen LogP contribution in [-0.2, 0) is 13.1 Å². The van der Waals surface area contributed by atoms with E-state index < -0.39 is 0 Å². The van der Waals surface area contributed by atoms with Crippen LogP contribution in [0.5, 0.6) is 0 Å². The molecule has 0 spiro atoms. The van der Waals surface area contributed by atoms with Gasteiger partial charge in [-0.05, 0) is 88.9 Å². The van der Waals surface area contributed by atoms with Crippen LogP contribution in [0.2, 0.25) is 0 Å². The van der Waals surface area contributed by atoms with Gasteiger partial charge in [-0.3, -0.25) is 0 Å². The lowest BCUT2D eigenvalue weighted by atomic mass is 10.1. The Morgan fingerprint density at radius 2 is 0.618 bits per heavy atom. The number of hydrogen-bond donors (Lipinski definition) is 4. The van der Waals surface area contributed by atoms with Gasteiger partial charge in [0.2, 0.25) is 0 Å². The monoisotopic (exact) mass is 466 g/mol. The summed E-state index contributed by atoms with van der Waals surface area (Å²) in [6, 6.07) is 21.3. The quantitative estimate of drug-likeness (QED) is 0.160. The standard InChI is InChI=1S/C30H50N4/c1(3-11-21-31-23-13-15-25-33-27-29-17-7-5-8-18-29)2-4-12-22-32-24-14-16-26-34-28-30-19-9-6-10-20-30/h5-10,17-20,31-34H,1-4,11-16,21-28H2. The van der Waals surface area contributed by atoms with Gasteiger partial charge in [0.15, 0.2) is 0 Å². The van der Waals surface area contributed by atoms with Crippen molar-refractivity contribution in [2.75, 3.05) is 39.3 Å². The van der Waals surface area contributed by atoms with Crippen molar-refractivity contribution in [1.29, 1.82) is 0 Å². The highest BCUT2D eigenvalue weighted by Gasteiger charge is 1.95. The number of benzene rings is 2. The molecule has 0 bridgehead atoms. The lowest BCUT2D eigenvalue weighted by molar-refractivity contribution is 0.531. The maximum atomic E-state index is 3.60. The molecule has 0 fully saturated rings. The molecule has 0 radical (unpaired) electrons. The third kappa shape index (κ3) is 16.8. The molecule has 0 aliphatic carbocycles. The average Bonchev–Trinajstić information content (AvgIpc) is 2.88. The van der Waals surface area contributed by atoms with Gasteiger partial charge in [-0.15, -0.1) is 0 Å². The van der Waals surface area contributed by atoms with Crippen molar-refractivity contribution >= 4 is 0 Å². The Kier molecular flexibility index (Phi) is 18.3. The van der Waals surface area contributed by atoms with Gasteiger partial charge in [0.1, 0.15) is 0 Å². The summed E-state index contributed by atoms with van der Waals surface area (Å²) < 4.78 is 0. The Hall–Kier alpha value is -1.72. The van der Waals surface area contributed by atoms with E-state index in [2.05, 4.69) is 81.9 Å². The molecular formula is C30H50N4. The largest absolute Gasteiger partial charge is 0.317 e. The van der Waals surface area contributed by atoms with Crippen LogP contribution in [0.3, 0.4) is 0 Å². The Bertz CT molecular complexity index is 603. The zero-order valence-corrected chi connectivity index (χ0v) is 21.5. The molecule has 0 saturated carbocycles. The number of hydrogen-bond acceptors (Lipinski definition) is 4. The molecule has 0 aliphatic heterocycles. The minimum atomic E-state index is 0.984. The molecule has 0 heterocycles. The molecule has 0 unspecified atom stereocenters. The smallest absolute Gasteiger partial charge is 0.0205 e. The second-order valence-corrected chi connectivity index (χ2v) is 9.36. The van der Waals surface area contributed by atoms with Crippen LogP contribution < -0.4 is 21.3 Å². The SMILES string of the molecule is c1ccc(CNCCCCNCCCCCCCCNCCCCNCc2ccccc2)cc1. The molecule has 0 aromatic heterocycles. The normalized spacial score (nSPS) is 11.2. The fraction of sp³-hybridized carbons (Fsp3) is 0.600. The summed E-state index contributed by atoms with van der Waals surface area (Å²) in [5, 5.41) is 14.3. The van der Waals surface area contributed by atoms with E-state index in [1.54, 1.807) is 0 Å². The van der Waals surface area contributed by atoms with Crippen molar-refractivity contribution in [3.05, 3.63) is 71.8 Å². The van der Waals surface area contributed by atoms with Gasteiger partial charge in [-0.2, -0.15) is 0 Å². The first-order valence-electron chi connectivity index (χ1n) is 13.9. The van der Waals surface area contributed by atoms with Crippen molar-refractivity contribution in [3.8, 4) is 0 Å². The van der Waals surface area contributed by atoms with Crippen LogP contribution in [0.25, 0.3) is 0 Å². The summed E-state index contributed by atoms with van der Waals surface area (Å²) in [7, 11) is 0. The number of rotatable bonds is 23. The van der Waals surface area contributed by atoms with Crippen molar-refractivity contribution in [3.63, 3.8) is 0 Å². The van der Waals surface area contributed by atoms with E-state index in [0.29, 0.717) is 0 Å². The van der Waals surface area contributed by atoms with Crippen LogP contribution in [0.1, 0.15) is 75.3 Å². The zero-order chi connectivity index (χ0) is 23.8. The van der Waals surface area contributed by atoms with E-state index in [1.807, 2.05) is 0 Å². The van der Waals surface area contributed by atoms with Gasteiger partial charge in [-0.1, -0.05) is 86.3 Å². The highest BCUT2D eigenvalue weighted by atomic mass is 14.9. The Balaban J connectivity index is 1.19. The maximum Gasteiger partial charge on any atom is 0.0205 e. The minimum absolute atomic E-state index is 0.984. The molecule has 0 aliphatic rings. The molecule has 2 rings (SSSR count). The van der Waals surface area contributed by atoms with Crippen molar-refractivity contribution in [2.24, 2.45) is 0 Å². The van der Waals surface area contributed by atoms with Gasteiger partial charge in [0.25, 0.3) is 0 Å². The van der Waals surface area contributed by atoms with Gasteiger partial charge in [0, 0.05) is 13.1 Å². The predicted octanol–water partition coefficient (Wildman–Crippen LogP) is 5.65. The van der Waals surface area contributed by atoms with E-state index in [1.165, 1.54) is 88.4 Å². The molecule has 0 amide bonds. The van der Waals surface area contributed by atoms with Crippen LogP contribution in [0.4, 0.5) is 0 Å². The van der Waals surface area contributed by atoms with Crippen LogP contribution in [0.15, 0.2) is 60.7 Å². The minimum Gasteiger partial charge on any atom is -0.317 e. The second kappa shape index (κ2) is 21.8. The molecule has 0 saturated heterocycles. The van der Waals surface area contributed by atoms with Crippen LogP contribution in [0, 0.1) is 0 Å². The highest BCUT2D eigenvalue weighted by Crippen LogP contribution is 2.04. The Labute approximate surface area is 209 Å². The third-order valence-electron chi connectivity index (χ3n) is 6.22. The first kappa shape index (κ1) is 28.5. The summed E-state index contributed by atoms with van der Waals surface area (Å²) >= 11 is 0. The van der Waals surface area contributed by atoms with E-state index in [-0.39, 0.29) is 0 Å². The molecule has 4 nitrogen and oxygen atoms in total. The van der Waals surface area contributed by atoms with Gasteiger partial charge >= 0.3 is 0 Å². The second-order valence-electron chi connectivity index (χ2n) is 9.36. The molecule has 34 heavy (non-hydrogen) atoms.